The molecule has 3 rings (SSSR count). The van der Waals surface area contributed by atoms with Crippen LogP contribution in [0.3, 0.4) is 0 Å². The van der Waals surface area contributed by atoms with E-state index in [1.54, 1.807) is 0 Å². The minimum Gasteiger partial charge on any atom is -0.218 e. The zero-order chi connectivity index (χ0) is 26.9. The van der Waals surface area contributed by atoms with E-state index in [2.05, 4.69) is 31.9 Å². The van der Waals surface area contributed by atoms with Crippen LogP contribution in [0, 0.1) is 58.2 Å². The summed E-state index contributed by atoms with van der Waals surface area (Å²) in [7, 11) is -12.2. The van der Waals surface area contributed by atoms with E-state index < -0.39 is 105 Å². The number of thiophene rings is 1. The highest BCUT2D eigenvalue weighted by Gasteiger charge is 2.44. The van der Waals surface area contributed by atoms with E-state index in [9.17, 15) is 60.7 Å². The van der Waals surface area contributed by atoms with Gasteiger partial charge in [0.1, 0.15) is 19.6 Å². The molecule has 0 N–H and O–H groups in total. The van der Waals surface area contributed by atoms with Gasteiger partial charge in [-0.25, -0.2) is 60.7 Å². The average Bonchev–Trinajstić information content (AvgIpc) is 3.08. The first-order valence-electron chi connectivity index (χ1n) is 7.91. The fraction of sp³-hybridized carbons (Fsp3) is 0. The van der Waals surface area contributed by atoms with Gasteiger partial charge in [0, 0.05) is 0 Å². The van der Waals surface area contributed by atoms with Gasteiger partial charge >= 0.3 is 0 Å². The Kier molecular flexibility index (Phi) is 7.17. The van der Waals surface area contributed by atoms with E-state index in [0.717, 1.165) is 0 Å². The average molecular weight is 702 g/mol. The van der Waals surface area contributed by atoms with E-state index in [0.29, 0.717) is 0 Å². The second-order valence-corrected chi connectivity index (χ2v) is 13.4. The second kappa shape index (κ2) is 9.00. The number of hydrogen-bond acceptors (Lipinski definition) is 5. The summed E-state index contributed by atoms with van der Waals surface area (Å²) in [5.74, 6) is -28.2. The summed E-state index contributed by atoms with van der Waals surface area (Å²) in [6.07, 6.45) is 0. The normalized spacial score (nSPS) is 12.5. The van der Waals surface area contributed by atoms with E-state index >= 15 is 0 Å². The molecule has 35 heavy (non-hydrogen) atoms. The Morgan fingerprint density at radius 1 is 0.400 bits per heavy atom. The van der Waals surface area contributed by atoms with Gasteiger partial charge in [0.15, 0.2) is 46.5 Å². The molecule has 2 aromatic carbocycles. The predicted molar refractivity (Wildman–Crippen MR) is 103 cm³/mol. The first-order chi connectivity index (χ1) is 15.9. The van der Waals surface area contributed by atoms with Gasteiger partial charge < -0.3 is 0 Å². The molecule has 0 radical (unpaired) electrons. The molecule has 0 spiro atoms. The van der Waals surface area contributed by atoms with Crippen LogP contribution < -0.4 is 0 Å². The van der Waals surface area contributed by atoms with Crippen molar-refractivity contribution in [3.05, 3.63) is 65.7 Å². The van der Waals surface area contributed by atoms with Crippen molar-refractivity contribution in [1.29, 1.82) is 0 Å². The van der Waals surface area contributed by atoms with Crippen LogP contribution in [-0.4, -0.2) is 16.8 Å². The SMILES string of the molecule is O=S(=O)(c1c(F)c(F)c(F)c(F)c1F)c1c(Br)sc(Br)c1S(=O)(=O)c1c(F)c(F)c(F)c(F)c1F. The van der Waals surface area contributed by atoms with Crippen LogP contribution in [0.15, 0.2) is 27.2 Å². The van der Waals surface area contributed by atoms with Crippen molar-refractivity contribution in [2.45, 2.75) is 19.6 Å². The van der Waals surface area contributed by atoms with Crippen LogP contribution >= 0.6 is 43.2 Å². The fourth-order valence-electron chi connectivity index (χ4n) is 2.65. The Morgan fingerprint density at radius 2 is 0.600 bits per heavy atom. The van der Waals surface area contributed by atoms with Crippen LogP contribution in [0.2, 0.25) is 0 Å². The summed E-state index contributed by atoms with van der Waals surface area (Å²) >= 11 is 5.02. The van der Waals surface area contributed by atoms with E-state index in [1.807, 2.05) is 0 Å². The number of rotatable bonds is 4. The molecule has 4 nitrogen and oxygen atoms in total. The molecule has 0 amide bonds. The first kappa shape index (κ1) is 27.9. The maximum atomic E-state index is 14.2. The summed E-state index contributed by atoms with van der Waals surface area (Å²) in [5.41, 5.74) is 0. The molecule has 0 aliphatic carbocycles. The molecule has 0 atom stereocenters. The number of benzene rings is 2. The molecule has 0 unspecified atom stereocenters. The van der Waals surface area contributed by atoms with E-state index in [4.69, 9.17) is 0 Å². The molecule has 19 heteroatoms. The maximum absolute atomic E-state index is 14.2. The number of halogens is 12. The number of hydrogen-bond donors (Lipinski definition) is 0. The van der Waals surface area contributed by atoms with Crippen molar-refractivity contribution in [2.24, 2.45) is 0 Å². The lowest BCUT2D eigenvalue weighted by Crippen LogP contribution is -2.18. The Bertz CT molecular complexity index is 1470. The summed E-state index contributed by atoms with van der Waals surface area (Å²) in [4.78, 5) is -8.73. The van der Waals surface area contributed by atoms with Crippen molar-refractivity contribution < 1.29 is 60.7 Å². The second-order valence-electron chi connectivity index (χ2n) is 6.11. The summed E-state index contributed by atoms with van der Waals surface area (Å²) < 4.78 is 188. The molecular formula is C16Br2F10O4S3. The standard InChI is InChI=1S/C16Br2F10O4S3/c17-15-13(34(29,30)11-7(25)3(21)1(19)4(22)8(11)26)14(16(18)33-15)35(31,32)12-9(27)5(23)2(20)6(24)10(12)28. The summed E-state index contributed by atoms with van der Waals surface area (Å²) in [6.45, 7) is 0. The zero-order valence-electron chi connectivity index (χ0n) is 15.4. The van der Waals surface area contributed by atoms with Gasteiger partial charge in [0.05, 0.1) is 7.57 Å². The van der Waals surface area contributed by atoms with Crippen LogP contribution in [0.4, 0.5) is 43.9 Å². The van der Waals surface area contributed by atoms with Gasteiger partial charge in [-0.05, 0) is 31.9 Å². The highest BCUT2D eigenvalue weighted by atomic mass is 79.9. The zero-order valence-corrected chi connectivity index (χ0v) is 21.0. The van der Waals surface area contributed by atoms with Crippen molar-refractivity contribution in [3.8, 4) is 0 Å². The lowest BCUT2D eigenvalue weighted by Gasteiger charge is -2.13. The van der Waals surface area contributed by atoms with Crippen molar-refractivity contribution in [2.75, 3.05) is 0 Å². The van der Waals surface area contributed by atoms with Gasteiger partial charge in [-0.3, -0.25) is 0 Å². The van der Waals surface area contributed by atoms with Gasteiger partial charge in [0.25, 0.3) is 0 Å². The van der Waals surface area contributed by atoms with Crippen molar-refractivity contribution in [3.63, 3.8) is 0 Å². The third kappa shape index (κ3) is 3.98. The fourth-order valence-corrected chi connectivity index (χ4v) is 11.3. The van der Waals surface area contributed by atoms with Gasteiger partial charge in [0.2, 0.25) is 31.3 Å². The highest BCUT2D eigenvalue weighted by Crippen LogP contribution is 2.48. The van der Waals surface area contributed by atoms with Crippen LogP contribution in [0.5, 0.6) is 0 Å². The molecular weight excluding hydrogens is 702 g/mol. The lowest BCUT2D eigenvalue weighted by molar-refractivity contribution is 0.357. The third-order valence-corrected chi connectivity index (χ3v) is 11.3. The lowest BCUT2D eigenvalue weighted by atomic mass is 10.3. The smallest absolute Gasteiger partial charge is 0.215 e. The molecule has 0 saturated heterocycles. The Morgan fingerprint density at radius 3 is 0.829 bits per heavy atom. The maximum Gasteiger partial charge on any atom is 0.215 e. The predicted octanol–water partition coefficient (Wildman–Crippen LogP) is 6.33. The van der Waals surface area contributed by atoms with Gasteiger partial charge in [-0.15, -0.1) is 11.3 Å². The topological polar surface area (TPSA) is 68.3 Å². The van der Waals surface area contributed by atoms with Gasteiger partial charge in [-0.2, -0.15) is 0 Å². The molecule has 0 bridgehead atoms. The summed E-state index contributed by atoms with van der Waals surface area (Å²) in [5, 5.41) is 0. The molecule has 1 aromatic heterocycles. The van der Waals surface area contributed by atoms with Crippen LogP contribution in [-0.2, 0) is 19.7 Å². The number of sulfone groups is 2. The molecule has 3 aromatic rings. The quantitative estimate of drug-likeness (QED) is 0.138. The Balaban J connectivity index is 2.50. The van der Waals surface area contributed by atoms with E-state index in [1.165, 1.54) is 0 Å². The molecule has 0 aliphatic heterocycles. The monoisotopic (exact) mass is 700 g/mol. The molecule has 0 saturated carbocycles. The Labute approximate surface area is 208 Å². The largest absolute Gasteiger partial charge is 0.218 e. The summed E-state index contributed by atoms with van der Waals surface area (Å²) in [6, 6.07) is 0. The third-order valence-electron chi connectivity index (χ3n) is 4.16. The first-order valence-corrected chi connectivity index (χ1v) is 13.3. The Hall–Kier alpha value is -1.70. The minimum atomic E-state index is -6.10. The van der Waals surface area contributed by atoms with E-state index in [-0.39, 0.29) is 11.3 Å². The molecule has 190 valence electrons. The van der Waals surface area contributed by atoms with Crippen LogP contribution in [0.25, 0.3) is 0 Å². The highest BCUT2D eigenvalue weighted by molar-refractivity contribution is 9.12. The van der Waals surface area contributed by atoms with Crippen LogP contribution in [0.1, 0.15) is 0 Å². The van der Waals surface area contributed by atoms with Gasteiger partial charge in [-0.1, -0.05) is 0 Å². The van der Waals surface area contributed by atoms with Crippen molar-refractivity contribution >= 4 is 62.9 Å². The molecule has 0 fully saturated rings. The molecule has 1 heterocycles. The minimum absolute atomic E-state index is 0.0475. The molecule has 0 aliphatic rings. The van der Waals surface area contributed by atoms with Crippen molar-refractivity contribution in [1.82, 2.24) is 0 Å².